The predicted molar refractivity (Wildman–Crippen MR) is 109 cm³/mol. The average molecular weight is 458 g/mol. The average Bonchev–Trinajstić information content (AvgIpc) is 3.25. The fourth-order valence-electron chi connectivity index (χ4n) is 3.94. The highest BCUT2D eigenvalue weighted by Crippen LogP contribution is 2.37. The first-order valence-corrected chi connectivity index (χ1v) is 11.8. The molecule has 9 nitrogen and oxygen atoms in total. The van der Waals surface area contributed by atoms with Crippen molar-refractivity contribution < 1.29 is 27.5 Å². The molecule has 3 aliphatic heterocycles. The number of carbonyl (C=O) groups is 2. The minimum atomic E-state index is -3.86. The number of carbonyl (C=O) groups excluding carboxylic acids is 2. The van der Waals surface area contributed by atoms with Crippen LogP contribution >= 0.6 is 11.6 Å². The van der Waals surface area contributed by atoms with Gasteiger partial charge in [-0.1, -0.05) is 11.6 Å². The number of hydrogen-bond donors (Lipinski definition) is 2. The molecule has 2 N–H and O–H groups in total. The van der Waals surface area contributed by atoms with Crippen LogP contribution in [0.25, 0.3) is 0 Å². The second kappa shape index (κ2) is 8.70. The first kappa shape index (κ1) is 21.4. The molecule has 11 heteroatoms. The summed E-state index contributed by atoms with van der Waals surface area (Å²) in [4.78, 5) is 23.8. The second-order valence-corrected chi connectivity index (χ2v) is 9.99. The molecule has 0 saturated carbocycles. The molecule has 1 atom stereocenters. The quantitative estimate of drug-likeness (QED) is 0.690. The van der Waals surface area contributed by atoms with E-state index in [0.29, 0.717) is 25.1 Å². The molecule has 0 unspecified atom stereocenters. The molecule has 1 aromatic rings. The molecule has 2 saturated heterocycles. The van der Waals surface area contributed by atoms with Crippen LogP contribution in [0.1, 0.15) is 25.7 Å². The van der Waals surface area contributed by atoms with Crippen molar-refractivity contribution in [3.05, 3.63) is 17.2 Å². The maximum atomic E-state index is 13.1. The van der Waals surface area contributed by atoms with Gasteiger partial charge in [-0.3, -0.25) is 9.59 Å². The zero-order valence-corrected chi connectivity index (χ0v) is 17.9. The number of nitrogens with one attached hydrogen (secondary N) is 2. The molecule has 0 aromatic heterocycles. The maximum Gasteiger partial charge on any atom is 0.262 e. The Morgan fingerprint density at radius 1 is 1.27 bits per heavy atom. The van der Waals surface area contributed by atoms with Gasteiger partial charge in [-0.25, -0.2) is 8.42 Å². The SMILES string of the molecule is O=C1COc2cc(S(=O)(=O)N3CCC(C(=O)NC[C@@H]4CCCO4)CC3)c(Cl)cc2N1. The molecule has 3 heterocycles. The number of fused-ring (bicyclic) bond motifs is 1. The summed E-state index contributed by atoms with van der Waals surface area (Å²) >= 11 is 6.21. The smallest absolute Gasteiger partial charge is 0.262 e. The highest BCUT2D eigenvalue weighted by Gasteiger charge is 2.34. The molecule has 1 aromatic carbocycles. The largest absolute Gasteiger partial charge is 0.482 e. The number of sulfonamides is 1. The van der Waals surface area contributed by atoms with Crippen molar-refractivity contribution in [2.24, 2.45) is 5.92 Å². The van der Waals surface area contributed by atoms with Gasteiger partial charge in [0.15, 0.2) is 6.61 Å². The number of halogens is 1. The highest BCUT2D eigenvalue weighted by molar-refractivity contribution is 7.89. The third-order valence-corrected chi connectivity index (χ3v) is 8.00. The zero-order valence-electron chi connectivity index (χ0n) is 16.4. The summed E-state index contributed by atoms with van der Waals surface area (Å²) in [6.45, 7) is 1.51. The summed E-state index contributed by atoms with van der Waals surface area (Å²) in [7, 11) is -3.86. The Labute approximate surface area is 180 Å². The Morgan fingerprint density at radius 2 is 2.03 bits per heavy atom. The van der Waals surface area contributed by atoms with Crippen molar-refractivity contribution >= 4 is 39.1 Å². The number of ether oxygens (including phenoxy) is 2. The van der Waals surface area contributed by atoms with Gasteiger partial charge >= 0.3 is 0 Å². The lowest BCUT2D eigenvalue weighted by atomic mass is 9.97. The third-order valence-electron chi connectivity index (χ3n) is 5.64. The van der Waals surface area contributed by atoms with Crippen LogP contribution in [0.4, 0.5) is 5.69 Å². The van der Waals surface area contributed by atoms with Crippen LogP contribution < -0.4 is 15.4 Å². The van der Waals surface area contributed by atoms with E-state index in [1.807, 2.05) is 0 Å². The van der Waals surface area contributed by atoms with Crippen LogP contribution in [-0.2, 0) is 24.3 Å². The Kier molecular flexibility index (Phi) is 6.19. The van der Waals surface area contributed by atoms with Crippen LogP contribution in [0.5, 0.6) is 5.75 Å². The molecule has 4 rings (SSSR count). The molecular weight excluding hydrogens is 434 g/mol. The Balaban J connectivity index is 1.39. The lowest BCUT2D eigenvalue weighted by Crippen LogP contribution is -2.44. The van der Waals surface area contributed by atoms with Gasteiger partial charge < -0.3 is 20.1 Å². The van der Waals surface area contributed by atoms with Crippen LogP contribution in [0.3, 0.4) is 0 Å². The number of hydrogen-bond acceptors (Lipinski definition) is 6. The number of nitrogens with zero attached hydrogens (tertiary/aromatic N) is 1. The van der Waals surface area contributed by atoms with E-state index in [0.717, 1.165) is 19.4 Å². The fraction of sp³-hybridized carbons (Fsp3) is 0.579. The van der Waals surface area contributed by atoms with Gasteiger partial charge in [0.2, 0.25) is 15.9 Å². The molecule has 30 heavy (non-hydrogen) atoms. The van der Waals surface area contributed by atoms with Crippen molar-refractivity contribution in [2.75, 3.05) is 38.2 Å². The number of benzene rings is 1. The summed E-state index contributed by atoms with van der Waals surface area (Å²) in [6, 6.07) is 2.72. The Hall–Kier alpha value is -1.88. The van der Waals surface area contributed by atoms with E-state index >= 15 is 0 Å². The van der Waals surface area contributed by atoms with Crippen molar-refractivity contribution in [2.45, 2.75) is 36.7 Å². The van der Waals surface area contributed by atoms with Crippen molar-refractivity contribution in [1.29, 1.82) is 0 Å². The Morgan fingerprint density at radius 3 is 2.73 bits per heavy atom. The minimum Gasteiger partial charge on any atom is -0.482 e. The van der Waals surface area contributed by atoms with Crippen molar-refractivity contribution in [3.63, 3.8) is 0 Å². The van der Waals surface area contributed by atoms with E-state index in [-0.39, 0.29) is 59.2 Å². The van der Waals surface area contributed by atoms with Gasteiger partial charge in [-0.15, -0.1) is 0 Å². The van der Waals surface area contributed by atoms with Crippen LogP contribution in [-0.4, -0.2) is 63.5 Å². The predicted octanol–water partition coefficient (Wildman–Crippen LogP) is 1.37. The topological polar surface area (TPSA) is 114 Å². The first-order valence-electron chi connectivity index (χ1n) is 10.0. The maximum absolute atomic E-state index is 13.1. The molecule has 3 aliphatic rings. The number of rotatable bonds is 5. The minimum absolute atomic E-state index is 0.0102. The number of amides is 2. The molecule has 0 aliphatic carbocycles. The Bertz CT molecular complexity index is 940. The highest BCUT2D eigenvalue weighted by atomic mass is 35.5. The molecule has 2 amide bonds. The summed E-state index contributed by atoms with van der Waals surface area (Å²) < 4.78 is 38.4. The van der Waals surface area contributed by atoms with E-state index < -0.39 is 10.0 Å². The van der Waals surface area contributed by atoms with Crippen LogP contribution in [0.15, 0.2) is 17.0 Å². The molecular formula is C19H24ClN3O6S. The van der Waals surface area contributed by atoms with Gasteiger partial charge in [0.25, 0.3) is 5.91 Å². The van der Waals surface area contributed by atoms with Gasteiger partial charge in [-0.2, -0.15) is 4.31 Å². The summed E-state index contributed by atoms with van der Waals surface area (Å²) in [5.74, 6) is -0.344. The van der Waals surface area contributed by atoms with Crippen molar-refractivity contribution in [3.8, 4) is 5.75 Å². The summed E-state index contributed by atoms with van der Waals surface area (Å²) in [6.07, 6.45) is 2.91. The van der Waals surface area contributed by atoms with E-state index in [1.54, 1.807) is 0 Å². The molecule has 2 fully saturated rings. The summed E-state index contributed by atoms with van der Waals surface area (Å²) in [5.41, 5.74) is 0.344. The van der Waals surface area contributed by atoms with Gasteiger partial charge in [0, 0.05) is 38.2 Å². The van der Waals surface area contributed by atoms with Gasteiger partial charge in [0.1, 0.15) is 10.6 Å². The standard InChI is InChI=1S/C19H24ClN3O6S/c20-14-8-15-16(29-11-18(24)22-15)9-17(14)30(26,27)23-5-3-12(4-6-23)19(25)21-10-13-2-1-7-28-13/h8-9,12-13H,1-7,10-11H2,(H,21,25)(H,22,24)/t13-/m0/s1. The van der Waals surface area contributed by atoms with Gasteiger partial charge in [-0.05, 0) is 31.7 Å². The molecule has 0 radical (unpaired) electrons. The first-order chi connectivity index (χ1) is 14.3. The zero-order chi connectivity index (χ0) is 21.3. The molecule has 164 valence electrons. The lowest BCUT2D eigenvalue weighted by Gasteiger charge is -2.31. The molecule has 0 bridgehead atoms. The van der Waals surface area contributed by atoms with E-state index in [1.165, 1.54) is 16.4 Å². The normalized spacial score (nSPS) is 22.8. The fourth-order valence-corrected chi connectivity index (χ4v) is 5.93. The lowest BCUT2D eigenvalue weighted by molar-refractivity contribution is -0.126. The second-order valence-electron chi connectivity index (χ2n) is 7.67. The van der Waals surface area contributed by atoms with E-state index in [9.17, 15) is 18.0 Å². The van der Waals surface area contributed by atoms with Gasteiger partial charge in [0.05, 0.1) is 16.8 Å². The number of anilines is 1. The van der Waals surface area contributed by atoms with E-state index in [2.05, 4.69) is 10.6 Å². The molecule has 0 spiro atoms. The number of piperidine rings is 1. The van der Waals surface area contributed by atoms with E-state index in [4.69, 9.17) is 21.1 Å². The van der Waals surface area contributed by atoms with Crippen molar-refractivity contribution in [1.82, 2.24) is 9.62 Å². The monoisotopic (exact) mass is 457 g/mol. The summed E-state index contributed by atoms with van der Waals surface area (Å²) in [5, 5.41) is 5.53. The van der Waals surface area contributed by atoms with Crippen LogP contribution in [0, 0.1) is 5.92 Å². The van der Waals surface area contributed by atoms with Crippen LogP contribution in [0.2, 0.25) is 5.02 Å². The third kappa shape index (κ3) is 4.41.